The predicted octanol–water partition coefficient (Wildman–Crippen LogP) is 1.92. The maximum atomic E-state index is 10.8. The molecule has 84 valence electrons. The lowest BCUT2D eigenvalue weighted by Crippen LogP contribution is -2.03. The maximum Gasteiger partial charge on any atom is 0.335 e. The van der Waals surface area contributed by atoms with Crippen molar-refractivity contribution in [1.29, 1.82) is 0 Å². The lowest BCUT2D eigenvalue weighted by atomic mass is 10.1. The van der Waals surface area contributed by atoms with Gasteiger partial charge < -0.3 is 9.84 Å². The third-order valence-corrected chi connectivity index (χ3v) is 1.93. The highest BCUT2D eigenvalue weighted by Gasteiger charge is 2.06. The van der Waals surface area contributed by atoms with Crippen LogP contribution in [0.15, 0.2) is 30.9 Å². The number of carbonyl (C=O) groups is 2. The van der Waals surface area contributed by atoms with E-state index in [9.17, 15) is 9.59 Å². The molecule has 0 radical (unpaired) electrons. The fourth-order valence-electron chi connectivity index (χ4n) is 1.28. The molecular weight excluding hydrogens is 208 g/mol. The number of esters is 1. The smallest absolute Gasteiger partial charge is 0.335 e. The molecule has 1 N–H and O–H groups in total. The number of hydrogen-bond donors (Lipinski definition) is 1. The standard InChI is InChI=1S/C12H12O4/c1-3-11(13)16-7-9-4-8(2)5-10(6-9)12(14)15/h3-6H,1,7H2,2H3,(H,14,15). The quantitative estimate of drug-likeness (QED) is 0.622. The van der Waals surface area contributed by atoms with Gasteiger partial charge in [-0.3, -0.25) is 0 Å². The van der Waals surface area contributed by atoms with Crippen LogP contribution in [0.2, 0.25) is 0 Å². The van der Waals surface area contributed by atoms with E-state index in [-0.39, 0.29) is 12.2 Å². The Morgan fingerprint density at radius 2 is 2.12 bits per heavy atom. The minimum Gasteiger partial charge on any atom is -0.478 e. The van der Waals surface area contributed by atoms with Crippen molar-refractivity contribution in [2.75, 3.05) is 0 Å². The van der Waals surface area contributed by atoms with E-state index < -0.39 is 11.9 Å². The van der Waals surface area contributed by atoms with Gasteiger partial charge in [-0.15, -0.1) is 0 Å². The second-order valence-corrected chi connectivity index (χ2v) is 3.32. The van der Waals surface area contributed by atoms with Crippen LogP contribution in [0.3, 0.4) is 0 Å². The summed E-state index contributed by atoms with van der Waals surface area (Å²) in [6.07, 6.45) is 1.06. The molecule has 1 aromatic carbocycles. The first kappa shape index (κ1) is 12.0. The molecule has 0 saturated carbocycles. The SMILES string of the molecule is C=CC(=O)OCc1cc(C)cc(C(=O)O)c1. The molecule has 0 aliphatic rings. The van der Waals surface area contributed by atoms with E-state index >= 15 is 0 Å². The van der Waals surface area contributed by atoms with Gasteiger partial charge in [0.05, 0.1) is 5.56 Å². The summed E-state index contributed by atoms with van der Waals surface area (Å²) in [6, 6.07) is 4.80. The van der Waals surface area contributed by atoms with Gasteiger partial charge in [0.1, 0.15) is 6.61 Å². The average Bonchev–Trinajstić information content (AvgIpc) is 2.25. The Bertz CT molecular complexity index is 435. The summed E-state index contributed by atoms with van der Waals surface area (Å²) in [5.74, 6) is -1.53. The number of ether oxygens (including phenoxy) is 1. The Morgan fingerprint density at radius 3 is 2.69 bits per heavy atom. The van der Waals surface area contributed by atoms with Gasteiger partial charge in [0.15, 0.2) is 0 Å². The van der Waals surface area contributed by atoms with Gasteiger partial charge in [-0.2, -0.15) is 0 Å². The molecule has 4 nitrogen and oxygen atoms in total. The molecule has 16 heavy (non-hydrogen) atoms. The van der Waals surface area contributed by atoms with Crippen LogP contribution in [0.1, 0.15) is 21.5 Å². The third-order valence-electron chi connectivity index (χ3n) is 1.93. The molecule has 0 aliphatic carbocycles. The van der Waals surface area contributed by atoms with Crippen molar-refractivity contribution in [3.05, 3.63) is 47.5 Å². The number of carbonyl (C=O) groups excluding carboxylic acids is 1. The van der Waals surface area contributed by atoms with Gasteiger partial charge in [-0.1, -0.05) is 12.6 Å². The minimum atomic E-state index is -1.00. The van der Waals surface area contributed by atoms with Crippen molar-refractivity contribution < 1.29 is 19.4 Å². The van der Waals surface area contributed by atoms with E-state index in [0.717, 1.165) is 11.6 Å². The summed E-state index contributed by atoms with van der Waals surface area (Å²) in [7, 11) is 0. The van der Waals surface area contributed by atoms with Gasteiger partial charge >= 0.3 is 11.9 Å². The summed E-state index contributed by atoms with van der Waals surface area (Å²) in [6.45, 7) is 5.10. The lowest BCUT2D eigenvalue weighted by Gasteiger charge is -2.05. The van der Waals surface area contributed by atoms with Crippen LogP contribution >= 0.6 is 0 Å². The summed E-state index contributed by atoms with van der Waals surface area (Å²) in [5, 5.41) is 8.83. The normalized spacial score (nSPS) is 9.56. The molecule has 0 fully saturated rings. The molecular formula is C12H12O4. The Labute approximate surface area is 93.2 Å². The van der Waals surface area contributed by atoms with E-state index in [1.54, 1.807) is 19.1 Å². The van der Waals surface area contributed by atoms with Crippen molar-refractivity contribution >= 4 is 11.9 Å². The van der Waals surface area contributed by atoms with Crippen LogP contribution in [0.4, 0.5) is 0 Å². The molecule has 0 atom stereocenters. The number of carboxylic acid groups (broad SMARTS) is 1. The van der Waals surface area contributed by atoms with Crippen LogP contribution in [-0.4, -0.2) is 17.0 Å². The molecule has 0 unspecified atom stereocenters. The van der Waals surface area contributed by atoms with Gasteiger partial charge in [-0.25, -0.2) is 9.59 Å². The summed E-state index contributed by atoms with van der Waals surface area (Å²) in [4.78, 5) is 21.6. The van der Waals surface area contributed by atoms with Crippen molar-refractivity contribution in [2.45, 2.75) is 13.5 Å². The number of rotatable bonds is 4. The van der Waals surface area contributed by atoms with Crippen molar-refractivity contribution in [1.82, 2.24) is 0 Å². The molecule has 1 aromatic rings. The molecule has 4 heteroatoms. The lowest BCUT2D eigenvalue weighted by molar-refractivity contribution is -0.138. The Morgan fingerprint density at radius 1 is 1.44 bits per heavy atom. The van der Waals surface area contributed by atoms with Crippen molar-refractivity contribution in [3.8, 4) is 0 Å². The zero-order valence-electron chi connectivity index (χ0n) is 8.90. The van der Waals surface area contributed by atoms with Crippen LogP contribution in [0.25, 0.3) is 0 Å². The maximum absolute atomic E-state index is 10.8. The highest BCUT2D eigenvalue weighted by Crippen LogP contribution is 2.11. The van der Waals surface area contributed by atoms with Gasteiger partial charge in [-0.05, 0) is 30.2 Å². The minimum absolute atomic E-state index is 0.0484. The average molecular weight is 220 g/mol. The molecule has 0 saturated heterocycles. The largest absolute Gasteiger partial charge is 0.478 e. The highest BCUT2D eigenvalue weighted by molar-refractivity contribution is 5.88. The van der Waals surface area contributed by atoms with E-state index in [0.29, 0.717) is 5.56 Å². The fraction of sp³-hybridized carbons (Fsp3) is 0.167. The van der Waals surface area contributed by atoms with E-state index in [1.165, 1.54) is 6.07 Å². The molecule has 0 spiro atoms. The Balaban J connectivity index is 2.84. The van der Waals surface area contributed by atoms with Gasteiger partial charge in [0, 0.05) is 6.08 Å². The summed E-state index contributed by atoms with van der Waals surface area (Å²) >= 11 is 0. The molecule has 0 heterocycles. The number of benzene rings is 1. The van der Waals surface area contributed by atoms with Crippen molar-refractivity contribution in [3.63, 3.8) is 0 Å². The molecule has 1 rings (SSSR count). The Hall–Kier alpha value is -2.10. The Kier molecular flexibility index (Phi) is 3.83. The molecule has 0 bridgehead atoms. The predicted molar refractivity (Wildman–Crippen MR) is 58.1 cm³/mol. The van der Waals surface area contributed by atoms with Crippen LogP contribution in [0, 0.1) is 6.92 Å². The van der Waals surface area contributed by atoms with Gasteiger partial charge in [0.2, 0.25) is 0 Å². The van der Waals surface area contributed by atoms with E-state index in [1.807, 2.05) is 0 Å². The first-order chi connectivity index (χ1) is 7.52. The van der Waals surface area contributed by atoms with E-state index in [4.69, 9.17) is 9.84 Å². The fourth-order valence-corrected chi connectivity index (χ4v) is 1.28. The van der Waals surface area contributed by atoms with E-state index in [2.05, 4.69) is 6.58 Å². The summed E-state index contributed by atoms with van der Waals surface area (Å²) < 4.78 is 4.82. The second kappa shape index (κ2) is 5.11. The van der Waals surface area contributed by atoms with Crippen LogP contribution in [-0.2, 0) is 16.1 Å². The highest BCUT2D eigenvalue weighted by atomic mass is 16.5. The zero-order chi connectivity index (χ0) is 12.1. The summed E-state index contributed by atoms with van der Waals surface area (Å²) in [5.41, 5.74) is 1.64. The zero-order valence-corrected chi connectivity index (χ0v) is 8.90. The number of aromatic carboxylic acids is 1. The number of hydrogen-bond acceptors (Lipinski definition) is 3. The topological polar surface area (TPSA) is 63.6 Å². The van der Waals surface area contributed by atoms with Gasteiger partial charge in [0.25, 0.3) is 0 Å². The molecule has 0 aliphatic heterocycles. The van der Waals surface area contributed by atoms with Crippen molar-refractivity contribution in [2.24, 2.45) is 0 Å². The number of carboxylic acids is 1. The molecule has 0 aromatic heterocycles. The van der Waals surface area contributed by atoms with Crippen LogP contribution in [0.5, 0.6) is 0 Å². The first-order valence-electron chi connectivity index (χ1n) is 4.66. The third kappa shape index (κ3) is 3.24. The van der Waals surface area contributed by atoms with Crippen LogP contribution < -0.4 is 0 Å². The first-order valence-corrected chi connectivity index (χ1v) is 4.66. The number of aryl methyl sites for hydroxylation is 1. The second-order valence-electron chi connectivity index (χ2n) is 3.32. The monoisotopic (exact) mass is 220 g/mol. The molecule has 0 amide bonds.